The summed E-state index contributed by atoms with van der Waals surface area (Å²) < 4.78 is 5.28. The van der Waals surface area contributed by atoms with E-state index in [1.165, 1.54) is 0 Å². The van der Waals surface area contributed by atoms with Crippen molar-refractivity contribution in [2.75, 3.05) is 19.0 Å². The Kier molecular flexibility index (Phi) is 6.74. The van der Waals surface area contributed by atoms with Gasteiger partial charge in [0.25, 0.3) is 0 Å². The lowest BCUT2D eigenvalue weighted by molar-refractivity contribution is -0.107. The van der Waals surface area contributed by atoms with Gasteiger partial charge in [0.05, 0.1) is 6.61 Å². The fourth-order valence-electron chi connectivity index (χ4n) is 1.53. The second kappa shape index (κ2) is 8.14. The second-order valence-corrected chi connectivity index (χ2v) is 4.97. The molecular formula is C13H18O3S. The van der Waals surface area contributed by atoms with Crippen molar-refractivity contribution < 1.29 is 14.6 Å². The van der Waals surface area contributed by atoms with Crippen LogP contribution >= 0.6 is 11.8 Å². The molecule has 0 fully saturated rings. The zero-order valence-corrected chi connectivity index (χ0v) is 10.8. The van der Waals surface area contributed by atoms with Gasteiger partial charge in [0.2, 0.25) is 0 Å². The molecule has 94 valence electrons. The van der Waals surface area contributed by atoms with Gasteiger partial charge in [-0.05, 0) is 23.4 Å². The minimum atomic E-state index is 0.0151. The highest BCUT2D eigenvalue weighted by Crippen LogP contribution is 2.31. The standard InChI is InChI=1S/C13H18O3S/c1-2-17-13(7-8-14)11-3-5-12(6-4-11)16-10-9-15/h3-6,8,13,15H,2,7,9-10H2,1H3. The number of carbonyl (C=O) groups is 1. The van der Waals surface area contributed by atoms with Gasteiger partial charge in [0, 0.05) is 11.7 Å². The van der Waals surface area contributed by atoms with E-state index in [1.807, 2.05) is 24.3 Å². The van der Waals surface area contributed by atoms with Gasteiger partial charge in [-0.15, -0.1) is 0 Å². The third kappa shape index (κ3) is 4.79. The highest BCUT2D eigenvalue weighted by atomic mass is 32.2. The summed E-state index contributed by atoms with van der Waals surface area (Å²) in [5.41, 5.74) is 1.14. The minimum absolute atomic E-state index is 0.0151. The second-order valence-electron chi connectivity index (χ2n) is 3.49. The lowest BCUT2D eigenvalue weighted by atomic mass is 10.1. The van der Waals surface area contributed by atoms with E-state index in [-0.39, 0.29) is 11.9 Å². The van der Waals surface area contributed by atoms with E-state index in [2.05, 4.69) is 6.92 Å². The highest BCUT2D eigenvalue weighted by Gasteiger charge is 2.10. The van der Waals surface area contributed by atoms with Crippen LogP contribution in [0.2, 0.25) is 0 Å². The normalized spacial score (nSPS) is 12.1. The van der Waals surface area contributed by atoms with Crippen LogP contribution in [0.1, 0.15) is 24.2 Å². The number of aldehydes is 1. The first-order valence-electron chi connectivity index (χ1n) is 5.70. The highest BCUT2D eigenvalue weighted by molar-refractivity contribution is 7.99. The van der Waals surface area contributed by atoms with E-state index >= 15 is 0 Å². The van der Waals surface area contributed by atoms with Crippen LogP contribution in [0.15, 0.2) is 24.3 Å². The Morgan fingerprint density at radius 3 is 2.65 bits per heavy atom. The molecule has 0 aliphatic rings. The number of hydrogen-bond acceptors (Lipinski definition) is 4. The third-order valence-corrected chi connectivity index (χ3v) is 3.49. The molecular weight excluding hydrogens is 236 g/mol. The summed E-state index contributed by atoms with van der Waals surface area (Å²) in [7, 11) is 0. The molecule has 1 atom stereocenters. The number of carbonyl (C=O) groups excluding carboxylic acids is 1. The number of hydrogen-bond donors (Lipinski definition) is 1. The largest absolute Gasteiger partial charge is 0.491 e. The Balaban J connectivity index is 2.66. The summed E-state index contributed by atoms with van der Waals surface area (Å²) >= 11 is 1.77. The molecule has 1 N–H and O–H groups in total. The van der Waals surface area contributed by atoms with Crippen molar-refractivity contribution in [2.45, 2.75) is 18.6 Å². The molecule has 0 amide bonds. The molecule has 1 aromatic rings. The number of ether oxygens (including phenoxy) is 1. The monoisotopic (exact) mass is 254 g/mol. The summed E-state index contributed by atoms with van der Waals surface area (Å²) in [5.74, 6) is 1.73. The first-order valence-corrected chi connectivity index (χ1v) is 6.75. The minimum Gasteiger partial charge on any atom is -0.491 e. The van der Waals surface area contributed by atoms with Crippen LogP contribution in [0.25, 0.3) is 0 Å². The van der Waals surface area contributed by atoms with Crippen molar-refractivity contribution in [1.29, 1.82) is 0 Å². The van der Waals surface area contributed by atoms with Crippen LogP contribution in [0.5, 0.6) is 5.75 Å². The van der Waals surface area contributed by atoms with Crippen molar-refractivity contribution in [3.8, 4) is 5.75 Å². The van der Waals surface area contributed by atoms with Gasteiger partial charge in [-0.3, -0.25) is 0 Å². The predicted molar refractivity (Wildman–Crippen MR) is 70.6 cm³/mol. The van der Waals surface area contributed by atoms with E-state index in [1.54, 1.807) is 11.8 Å². The van der Waals surface area contributed by atoms with Gasteiger partial charge < -0.3 is 14.6 Å². The van der Waals surface area contributed by atoms with Crippen LogP contribution in [-0.2, 0) is 4.79 Å². The molecule has 17 heavy (non-hydrogen) atoms. The molecule has 0 aromatic heterocycles. The lowest BCUT2D eigenvalue weighted by Gasteiger charge is -2.13. The van der Waals surface area contributed by atoms with Crippen molar-refractivity contribution >= 4 is 18.0 Å². The molecule has 0 heterocycles. The van der Waals surface area contributed by atoms with E-state index < -0.39 is 0 Å². The Hall–Kier alpha value is -1.00. The first-order chi connectivity index (χ1) is 8.31. The molecule has 0 saturated heterocycles. The number of rotatable bonds is 8. The molecule has 0 saturated carbocycles. The average Bonchev–Trinajstić information content (AvgIpc) is 2.37. The molecule has 4 heteroatoms. The van der Waals surface area contributed by atoms with Crippen LogP contribution in [-0.4, -0.2) is 30.4 Å². The molecule has 0 spiro atoms. The van der Waals surface area contributed by atoms with Crippen molar-refractivity contribution in [3.63, 3.8) is 0 Å². The molecule has 0 bridgehead atoms. The van der Waals surface area contributed by atoms with E-state index in [0.717, 1.165) is 23.4 Å². The molecule has 3 nitrogen and oxygen atoms in total. The van der Waals surface area contributed by atoms with Crippen LogP contribution in [0.3, 0.4) is 0 Å². The smallest absolute Gasteiger partial charge is 0.121 e. The maximum Gasteiger partial charge on any atom is 0.121 e. The van der Waals surface area contributed by atoms with Crippen molar-refractivity contribution in [2.24, 2.45) is 0 Å². The summed E-state index contributed by atoms with van der Waals surface area (Å²) in [6.07, 6.45) is 1.50. The third-order valence-electron chi connectivity index (χ3n) is 2.29. The van der Waals surface area contributed by atoms with Gasteiger partial charge in [-0.2, -0.15) is 11.8 Å². The zero-order valence-electron chi connectivity index (χ0n) is 9.96. The number of thioether (sulfide) groups is 1. The molecule has 0 aliphatic heterocycles. The quantitative estimate of drug-likeness (QED) is 0.724. The fourth-order valence-corrected chi connectivity index (χ4v) is 2.50. The van der Waals surface area contributed by atoms with E-state index in [4.69, 9.17) is 9.84 Å². The molecule has 0 radical (unpaired) electrons. The first kappa shape index (κ1) is 14.1. The van der Waals surface area contributed by atoms with E-state index in [0.29, 0.717) is 13.0 Å². The SMILES string of the molecule is CCSC(CC=O)c1ccc(OCCO)cc1. The van der Waals surface area contributed by atoms with Gasteiger partial charge in [-0.1, -0.05) is 19.1 Å². The Morgan fingerprint density at radius 2 is 2.12 bits per heavy atom. The topological polar surface area (TPSA) is 46.5 Å². The Morgan fingerprint density at radius 1 is 1.41 bits per heavy atom. The van der Waals surface area contributed by atoms with Crippen molar-refractivity contribution in [3.05, 3.63) is 29.8 Å². The number of benzene rings is 1. The fraction of sp³-hybridized carbons (Fsp3) is 0.462. The average molecular weight is 254 g/mol. The Labute approximate surface area is 106 Å². The predicted octanol–water partition coefficient (Wildman–Crippen LogP) is 2.44. The summed E-state index contributed by atoms with van der Waals surface area (Å²) in [6.45, 7) is 2.41. The molecule has 1 aromatic carbocycles. The van der Waals surface area contributed by atoms with Crippen LogP contribution < -0.4 is 4.74 Å². The van der Waals surface area contributed by atoms with Crippen LogP contribution in [0, 0.1) is 0 Å². The van der Waals surface area contributed by atoms with Gasteiger partial charge in [0.1, 0.15) is 18.6 Å². The van der Waals surface area contributed by atoms with Gasteiger partial charge in [0.15, 0.2) is 0 Å². The van der Waals surface area contributed by atoms with Gasteiger partial charge in [-0.25, -0.2) is 0 Å². The van der Waals surface area contributed by atoms with Gasteiger partial charge >= 0.3 is 0 Å². The summed E-state index contributed by atoms with van der Waals surface area (Å²) in [4.78, 5) is 10.6. The lowest BCUT2D eigenvalue weighted by Crippen LogP contribution is -2.02. The van der Waals surface area contributed by atoms with Crippen LogP contribution in [0.4, 0.5) is 0 Å². The van der Waals surface area contributed by atoms with E-state index in [9.17, 15) is 4.79 Å². The molecule has 1 unspecified atom stereocenters. The number of aliphatic hydroxyl groups is 1. The van der Waals surface area contributed by atoms with Crippen molar-refractivity contribution in [1.82, 2.24) is 0 Å². The molecule has 0 aliphatic carbocycles. The Bertz CT molecular complexity index is 324. The maximum absolute atomic E-state index is 10.6. The molecule has 1 rings (SSSR count). The summed E-state index contributed by atoms with van der Waals surface area (Å²) in [6, 6.07) is 7.70. The zero-order chi connectivity index (χ0) is 12.5. The summed E-state index contributed by atoms with van der Waals surface area (Å²) in [5, 5.41) is 8.87. The number of aliphatic hydroxyl groups excluding tert-OH is 1. The maximum atomic E-state index is 10.6.